The van der Waals surface area contributed by atoms with Gasteiger partial charge in [-0.25, -0.2) is 4.98 Å². The van der Waals surface area contributed by atoms with E-state index in [1.807, 2.05) is 13.8 Å². The van der Waals surface area contributed by atoms with E-state index < -0.39 is 23.7 Å². The molecule has 4 heterocycles. The maximum absolute atomic E-state index is 13.7. The third-order valence-corrected chi connectivity index (χ3v) is 6.30. The van der Waals surface area contributed by atoms with Gasteiger partial charge in [-0.05, 0) is 38.0 Å². The molecule has 0 unspecified atom stereocenters. The first-order chi connectivity index (χ1) is 16.0. The van der Waals surface area contributed by atoms with Crippen LogP contribution in [0.5, 0.6) is 0 Å². The van der Waals surface area contributed by atoms with Crippen molar-refractivity contribution in [2.75, 3.05) is 5.32 Å². The summed E-state index contributed by atoms with van der Waals surface area (Å²) in [5, 5.41) is 11.1. The van der Waals surface area contributed by atoms with Crippen LogP contribution in [0.4, 0.5) is 18.9 Å². The molecule has 13 heteroatoms. The average molecular weight is 491 g/mol. The number of thiophene rings is 1. The number of carbonyl (C=O) groups is 2. The van der Waals surface area contributed by atoms with Gasteiger partial charge in [0.2, 0.25) is 5.91 Å². The molecule has 0 radical (unpaired) electrons. The van der Waals surface area contributed by atoms with Crippen LogP contribution in [0.25, 0.3) is 21.3 Å². The first-order valence-corrected chi connectivity index (χ1v) is 11.0. The van der Waals surface area contributed by atoms with Gasteiger partial charge in [-0.2, -0.15) is 23.4 Å². The molecule has 0 fully saturated rings. The fourth-order valence-electron chi connectivity index (χ4n) is 3.66. The Morgan fingerprint density at radius 1 is 1.18 bits per heavy atom. The lowest BCUT2D eigenvalue weighted by Crippen LogP contribution is -2.21. The quantitative estimate of drug-likeness (QED) is 0.426. The lowest BCUT2D eigenvalue weighted by molar-refractivity contribution is -0.140. The molecule has 34 heavy (non-hydrogen) atoms. The topological polar surface area (TPSA) is 121 Å². The number of halogens is 3. The van der Waals surface area contributed by atoms with Gasteiger partial charge in [-0.3, -0.25) is 19.0 Å². The fourth-order valence-corrected chi connectivity index (χ4v) is 4.67. The number of fused-ring (bicyclic) bond motifs is 1. The van der Waals surface area contributed by atoms with Crippen molar-refractivity contribution in [2.24, 2.45) is 5.73 Å². The van der Waals surface area contributed by atoms with Crippen molar-refractivity contribution in [1.29, 1.82) is 0 Å². The van der Waals surface area contributed by atoms with Crippen molar-refractivity contribution in [2.45, 2.75) is 40.0 Å². The van der Waals surface area contributed by atoms with E-state index in [0.717, 1.165) is 11.6 Å². The van der Waals surface area contributed by atoms with E-state index in [0.29, 0.717) is 29.1 Å². The maximum atomic E-state index is 13.7. The number of nitrogens with zero attached hydrogens (tertiary/aromatic N) is 5. The highest BCUT2D eigenvalue weighted by molar-refractivity contribution is 7.21. The smallest absolute Gasteiger partial charge is 0.365 e. The average Bonchev–Trinajstić information content (AvgIpc) is 3.43. The van der Waals surface area contributed by atoms with Gasteiger partial charge in [0.1, 0.15) is 21.9 Å². The van der Waals surface area contributed by atoms with Crippen molar-refractivity contribution >= 4 is 39.1 Å². The Kier molecular flexibility index (Phi) is 5.89. The number of carbonyl (C=O) groups excluding carboxylic acids is 2. The molecule has 0 aliphatic heterocycles. The molecule has 0 bridgehead atoms. The molecule has 178 valence electrons. The van der Waals surface area contributed by atoms with Crippen LogP contribution in [-0.4, -0.2) is 36.4 Å². The highest BCUT2D eigenvalue weighted by Gasteiger charge is 2.35. The van der Waals surface area contributed by atoms with E-state index in [9.17, 15) is 22.8 Å². The zero-order valence-electron chi connectivity index (χ0n) is 18.4. The van der Waals surface area contributed by atoms with Gasteiger partial charge in [-0.1, -0.05) is 0 Å². The van der Waals surface area contributed by atoms with Crippen LogP contribution in [0.3, 0.4) is 0 Å². The Bertz CT molecular complexity index is 1420. The zero-order valence-corrected chi connectivity index (χ0v) is 19.2. The van der Waals surface area contributed by atoms with E-state index in [4.69, 9.17) is 5.73 Å². The number of anilines is 1. The molecule has 0 atom stereocenters. The minimum Gasteiger partial charge on any atom is -0.365 e. The number of rotatable bonds is 6. The number of hydrogen-bond donors (Lipinski definition) is 2. The van der Waals surface area contributed by atoms with Crippen LogP contribution in [0, 0.1) is 13.8 Å². The molecule has 4 aromatic rings. The molecule has 0 aliphatic rings. The molecule has 0 aromatic carbocycles. The van der Waals surface area contributed by atoms with E-state index in [-0.39, 0.29) is 32.9 Å². The standard InChI is InChI=1S/C21H20F3N7O2S/c1-4-31-11(3)13(7-27-31)12-5-14(21(22,23)24)28-20-16(12)17(18(34-20)19(25)33)29-15(32)9-30-8-10(2)6-26-30/h5-8H,4,9H2,1-3H3,(H2,25,33)(H,29,32). The van der Waals surface area contributed by atoms with E-state index in [2.05, 4.69) is 20.5 Å². The first kappa shape index (κ1) is 23.4. The largest absolute Gasteiger partial charge is 0.433 e. The summed E-state index contributed by atoms with van der Waals surface area (Å²) in [7, 11) is 0. The minimum absolute atomic E-state index is 0.0150. The lowest BCUT2D eigenvalue weighted by atomic mass is 10.0. The first-order valence-electron chi connectivity index (χ1n) is 10.2. The van der Waals surface area contributed by atoms with E-state index in [1.165, 1.54) is 10.9 Å². The minimum atomic E-state index is -4.73. The third kappa shape index (κ3) is 4.25. The monoisotopic (exact) mass is 491 g/mol. The Labute approximate surface area is 195 Å². The highest BCUT2D eigenvalue weighted by Crippen LogP contribution is 2.44. The Hall–Kier alpha value is -3.74. The van der Waals surface area contributed by atoms with Crippen molar-refractivity contribution in [1.82, 2.24) is 24.5 Å². The summed E-state index contributed by atoms with van der Waals surface area (Å²) < 4.78 is 44.0. The van der Waals surface area contributed by atoms with Crippen LogP contribution in [0.1, 0.15) is 33.5 Å². The van der Waals surface area contributed by atoms with Gasteiger partial charge in [0.15, 0.2) is 0 Å². The summed E-state index contributed by atoms with van der Waals surface area (Å²) in [5.41, 5.74) is 6.44. The van der Waals surface area contributed by atoms with Crippen molar-refractivity contribution < 1.29 is 22.8 Å². The normalized spacial score (nSPS) is 11.8. The van der Waals surface area contributed by atoms with Crippen LogP contribution in [0.2, 0.25) is 0 Å². The van der Waals surface area contributed by atoms with Crippen molar-refractivity contribution in [3.63, 3.8) is 0 Å². The molecule has 0 saturated heterocycles. The molecular formula is C21H20F3N7O2S. The van der Waals surface area contributed by atoms with E-state index >= 15 is 0 Å². The van der Waals surface area contributed by atoms with Gasteiger partial charge < -0.3 is 11.1 Å². The fraction of sp³-hybridized carbons (Fsp3) is 0.286. The van der Waals surface area contributed by atoms with Crippen LogP contribution >= 0.6 is 11.3 Å². The van der Waals surface area contributed by atoms with Crippen molar-refractivity contribution in [3.05, 3.63) is 46.5 Å². The number of nitrogens with one attached hydrogen (secondary N) is 1. The molecule has 3 N–H and O–H groups in total. The number of hydrogen-bond acceptors (Lipinski definition) is 6. The van der Waals surface area contributed by atoms with Crippen LogP contribution in [-0.2, 0) is 24.1 Å². The van der Waals surface area contributed by atoms with Crippen molar-refractivity contribution in [3.8, 4) is 11.1 Å². The van der Waals surface area contributed by atoms with Gasteiger partial charge >= 0.3 is 6.18 Å². The molecule has 2 amide bonds. The summed E-state index contributed by atoms with van der Waals surface area (Å²) in [6.07, 6.45) is -0.0360. The SMILES string of the molecule is CCn1ncc(-c2cc(C(F)(F)F)nc3sc(C(N)=O)c(NC(=O)Cn4cc(C)cn4)c23)c1C. The molecule has 0 spiro atoms. The Balaban J connectivity index is 1.93. The number of primary amides is 1. The molecule has 0 aliphatic carbocycles. The molecule has 4 aromatic heterocycles. The molecule has 9 nitrogen and oxygen atoms in total. The number of amides is 2. The summed E-state index contributed by atoms with van der Waals surface area (Å²) in [5.74, 6) is -1.43. The second-order valence-electron chi connectivity index (χ2n) is 7.63. The summed E-state index contributed by atoms with van der Waals surface area (Å²) in [6.45, 7) is 5.74. The Morgan fingerprint density at radius 3 is 2.47 bits per heavy atom. The maximum Gasteiger partial charge on any atom is 0.433 e. The lowest BCUT2D eigenvalue weighted by Gasteiger charge is -2.12. The van der Waals surface area contributed by atoms with Gasteiger partial charge in [-0.15, -0.1) is 11.3 Å². The predicted octanol–water partition coefficient (Wildman–Crippen LogP) is 3.75. The summed E-state index contributed by atoms with van der Waals surface area (Å²) in [4.78, 5) is 28.5. The number of aromatic nitrogens is 5. The van der Waals surface area contributed by atoms with Crippen LogP contribution in [0.15, 0.2) is 24.7 Å². The highest BCUT2D eigenvalue weighted by atomic mass is 32.1. The van der Waals surface area contributed by atoms with E-state index in [1.54, 1.807) is 24.0 Å². The second kappa shape index (κ2) is 8.56. The van der Waals surface area contributed by atoms with Gasteiger partial charge in [0.05, 0.1) is 18.1 Å². The summed E-state index contributed by atoms with van der Waals surface area (Å²) in [6, 6.07) is 0.899. The van der Waals surface area contributed by atoms with Gasteiger partial charge in [0.25, 0.3) is 5.91 Å². The molecule has 4 rings (SSSR count). The number of nitrogens with two attached hydrogens (primary N) is 1. The van der Waals surface area contributed by atoms with Gasteiger partial charge in [0, 0.05) is 29.4 Å². The predicted molar refractivity (Wildman–Crippen MR) is 120 cm³/mol. The number of aryl methyl sites for hydroxylation is 2. The zero-order chi connectivity index (χ0) is 24.8. The molecular weight excluding hydrogens is 471 g/mol. The Morgan fingerprint density at radius 2 is 1.91 bits per heavy atom. The number of alkyl halides is 3. The second-order valence-corrected chi connectivity index (χ2v) is 8.63. The number of pyridine rings is 1. The van der Waals surface area contributed by atoms with Crippen LogP contribution < -0.4 is 11.1 Å². The summed E-state index contributed by atoms with van der Waals surface area (Å²) >= 11 is 0.692. The molecule has 0 saturated carbocycles. The third-order valence-electron chi connectivity index (χ3n) is 5.20.